The van der Waals surface area contributed by atoms with E-state index in [0.29, 0.717) is 0 Å². The highest BCUT2D eigenvalue weighted by molar-refractivity contribution is 5.81. The van der Waals surface area contributed by atoms with Crippen LogP contribution in [0.25, 0.3) is 0 Å². The van der Waals surface area contributed by atoms with E-state index in [9.17, 15) is 14.9 Å². The van der Waals surface area contributed by atoms with Crippen LogP contribution in [0.4, 0.5) is 5.69 Å². The molecule has 0 aliphatic carbocycles. The van der Waals surface area contributed by atoms with E-state index in [-0.39, 0.29) is 35.8 Å². The van der Waals surface area contributed by atoms with Crippen molar-refractivity contribution in [3.63, 3.8) is 0 Å². The smallest absolute Gasteiger partial charge is 0.269 e. The lowest BCUT2D eigenvalue weighted by atomic mass is 9.86. The molecule has 2 unspecified atom stereocenters. The van der Waals surface area contributed by atoms with Gasteiger partial charge >= 0.3 is 0 Å². The number of hydrogen-bond acceptors (Lipinski definition) is 4. The Labute approximate surface area is 124 Å². The summed E-state index contributed by atoms with van der Waals surface area (Å²) in [5.74, 6) is 0.0222. The molecule has 1 N–H and O–H groups in total. The summed E-state index contributed by atoms with van der Waals surface area (Å²) < 4.78 is 0. The van der Waals surface area contributed by atoms with Gasteiger partial charge in [-0.1, -0.05) is 32.9 Å². The van der Waals surface area contributed by atoms with Crippen molar-refractivity contribution in [1.29, 1.82) is 0 Å². The second kappa shape index (κ2) is 5.44. The highest BCUT2D eigenvalue weighted by atomic mass is 16.6. The minimum Gasteiger partial charge on any atom is -0.319 e. The number of non-ortho nitro benzene ring substituents is 1. The molecule has 0 spiro atoms. The van der Waals surface area contributed by atoms with Gasteiger partial charge in [0.25, 0.3) is 5.69 Å². The molecule has 6 nitrogen and oxygen atoms in total. The monoisotopic (exact) mass is 291 g/mol. The Morgan fingerprint density at radius 1 is 1.43 bits per heavy atom. The minimum atomic E-state index is -0.419. The third kappa shape index (κ3) is 3.05. The number of nitro benzene ring substituents is 1. The maximum atomic E-state index is 12.2. The molecule has 1 aliphatic rings. The van der Waals surface area contributed by atoms with Crippen molar-refractivity contribution < 1.29 is 9.72 Å². The van der Waals surface area contributed by atoms with Crippen LogP contribution in [-0.2, 0) is 4.79 Å². The van der Waals surface area contributed by atoms with Gasteiger partial charge in [0.2, 0.25) is 5.91 Å². The maximum Gasteiger partial charge on any atom is 0.269 e. The van der Waals surface area contributed by atoms with Crippen LogP contribution in [0.5, 0.6) is 0 Å². The van der Waals surface area contributed by atoms with Crippen molar-refractivity contribution in [1.82, 2.24) is 10.2 Å². The third-order valence-electron chi connectivity index (χ3n) is 4.08. The van der Waals surface area contributed by atoms with Gasteiger partial charge in [-0.2, -0.15) is 0 Å². The van der Waals surface area contributed by atoms with Crippen LogP contribution in [-0.4, -0.2) is 28.3 Å². The first-order valence-corrected chi connectivity index (χ1v) is 7.00. The van der Waals surface area contributed by atoms with Crippen LogP contribution in [0.3, 0.4) is 0 Å². The fourth-order valence-corrected chi connectivity index (χ4v) is 2.46. The molecule has 1 amide bonds. The van der Waals surface area contributed by atoms with Gasteiger partial charge < -0.3 is 4.90 Å². The molecular weight excluding hydrogens is 270 g/mol. The number of nitrogens with zero attached hydrogens (tertiary/aromatic N) is 2. The zero-order valence-electron chi connectivity index (χ0n) is 12.8. The highest BCUT2D eigenvalue weighted by Crippen LogP contribution is 2.33. The predicted molar refractivity (Wildman–Crippen MR) is 79.6 cm³/mol. The summed E-state index contributed by atoms with van der Waals surface area (Å²) in [5, 5.41) is 14.1. The number of nitrogens with one attached hydrogen (secondary N) is 1. The van der Waals surface area contributed by atoms with Crippen molar-refractivity contribution in [2.75, 3.05) is 6.54 Å². The minimum absolute atomic E-state index is 0.0178. The summed E-state index contributed by atoms with van der Waals surface area (Å²) in [4.78, 5) is 24.5. The van der Waals surface area contributed by atoms with Gasteiger partial charge in [-0.05, 0) is 17.9 Å². The van der Waals surface area contributed by atoms with Crippen LogP contribution in [0, 0.1) is 15.5 Å². The van der Waals surface area contributed by atoms with Crippen molar-refractivity contribution >= 4 is 11.6 Å². The molecular formula is C15H21N3O3. The van der Waals surface area contributed by atoms with E-state index >= 15 is 0 Å². The standard InChI is InChI=1S/C15H21N3O3/c1-10(15(2,3)4)17-13(19)9-16-14(17)11-6-5-7-12(8-11)18(20)21/h5-8,10,14,16H,9H2,1-4H3. The number of carbonyl (C=O) groups excluding carboxylic acids is 1. The number of carbonyl (C=O) groups is 1. The van der Waals surface area contributed by atoms with Gasteiger partial charge in [-0.15, -0.1) is 0 Å². The summed E-state index contributed by atoms with van der Waals surface area (Å²) in [6, 6.07) is 6.46. The lowest BCUT2D eigenvalue weighted by molar-refractivity contribution is -0.385. The summed E-state index contributed by atoms with van der Waals surface area (Å²) in [5.41, 5.74) is 0.712. The van der Waals surface area contributed by atoms with Crippen molar-refractivity contribution in [2.24, 2.45) is 5.41 Å². The molecule has 0 radical (unpaired) electrons. The molecule has 2 rings (SSSR count). The first kappa shape index (κ1) is 15.4. The molecule has 2 atom stereocenters. The predicted octanol–water partition coefficient (Wildman–Crippen LogP) is 2.46. The third-order valence-corrected chi connectivity index (χ3v) is 4.08. The molecule has 1 fully saturated rings. The van der Waals surface area contributed by atoms with Crippen LogP contribution >= 0.6 is 0 Å². The maximum absolute atomic E-state index is 12.2. The average Bonchev–Trinajstić information content (AvgIpc) is 2.78. The first-order valence-electron chi connectivity index (χ1n) is 7.00. The van der Waals surface area contributed by atoms with Gasteiger partial charge in [-0.25, -0.2) is 0 Å². The van der Waals surface area contributed by atoms with Crippen molar-refractivity contribution in [3.8, 4) is 0 Å². The summed E-state index contributed by atoms with van der Waals surface area (Å²) in [7, 11) is 0. The largest absolute Gasteiger partial charge is 0.319 e. The fourth-order valence-electron chi connectivity index (χ4n) is 2.46. The first-order chi connectivity index (χ1) is 9.71. The Kier molecular flexibility index (Phi) is 4.00. The van der Waals surface area contributed by atoms with Crippen molar-refractivity contribution in [3.05, 3.63) is 39.9 Å². The van der Waals surface area contributed by atoms with Crippen LogP contribution in [0.1, 0.15) is 39.4 Å². The summed E-state index contributed by atoms with van der Waals surface area (Å²) in [6.07, 6.45) is -0.313. The Hall–Kier alpha value is -1.95. The summed E-state index contributed by atoms with van der Waals surface area (Å²) >= 11 is 0. The normalized spacial score (nSPS) is 20.7. The van der Waals surface area contributed by atoms with Gasteiger partial charge in [0.05, 0.1) is 11.5 Å². The Morgan fingerprint density at radius 2 is 2.10 bits per heavy atom. The highest BCUT2D eigenvalue weighted by Gasteiger charge is 2.39. The summed E-state index contributed by atoms with van der Waals surface area (Å²) in [6.45, 7) is 8.50. The van der Waals surface area contributed by atoms with E-state index in [1.807, 2.05) is 13.0 Å². The number of benzene rings is 1. The molecule has 0 aromatic heterocycles. The van der Waals surface area contributed by atoms with E-state index in [0.717, 1.165) is 5.56 Å². The second-order valence-corrected chi connectivity index (χ2v) is 6.48. The molecule has 1 saturated heterocycles. The molecule has 0 saturated carbocycles. The number of hydrogen-bond donors (Lipinski definition) is 1. The quantitative estimate of drug-likeness (QED) is 0.685. The average molecular weight is 291 g/mol. The zero-order valence-corrected chi connectivity index (χ0v) is 12.8. The Bertz CT molecular complexity index is 566. The van der Waals surface area contributed by atoms with Gasteiger partial charge in [0.1, 0.15) is 6.17 Å². The van der Waals surface area contributed by atoms with Crippen LogP contribution in [0.2, 0.25) is 0 Å². The molecule has 6 heteroatoms. The lowest BCUT2D eigenvalue weighted by Gasteiger charge is -2.38. The van der Waals surface area contributed by atoms with E-state index in [1.165, 1.54) is 12.1 Å². The Morgan fingerprint density at radius 3 is 2.67 bits per heavy atom. The SMILES string of the molecule is CC(N1C(=O)CNC1c1cccc([N+](=O)[O-])c1)C(C)(C)C. The molecule has 1 aromatic rings. The molecule has 1 aromatic carbocycles. The molecule has 21 heavy (non-hydrogen) atoms. The van der Waals surface area contributed by atoms with Gasteiger partial charge in [0, 0.05) is 18.2 Å². The number of amides is 1. The van der Waals surface area contributed by atoms with E-state index in [4.69, 9.17) is 0 Å². The van der Waals surface area contributed by atoms with Crippen LogP contribution < -0.4 is 5.32 Å². The van der Waals surface area contributed by atoms with Gasteiger partial charge in [-0.3, -0.25) is 20.2 Å². The van der Waals surface area contributed by atoms with E-state index in [1.54, 1.807) is 11.0 Å². The molecule has 1 aliphatic heterocycles. The van der Waals surface area contributed by atoms with E-state index in [2.05, 4.69) is 26.1 Å². The topological polar surface area (TPSA) is 75.5 Å². The Balaban J connectivity index is 2.36. The number of rotatable bonds is 3. The fraction of sp³-hybridized carbons (Fsp3) is 0.533. The van der Waals surface area contributed by atoms with Crippen molar-refractivity contribution in [2.45, 2.75) is 39.9 Å². The van der Waals surface area contributed by atoms with Crippen LogP contribution in [0.15, 0.2) is 24.3 Å². The second-order valence-electron chi connectivity index (χ2n) is 6.48. The molecule has 0 bridgehead atoms. The van der Waals surface area contributed by atoms with E-state index < -0.39 is 4.92 Å². The number of nitro groups is 1. The molecule has 114 valence electrons. The zero-order chi connectivity index (χ0) is 15.8. The van der Waals surface area contributed by atoms with Gasteiger partial charge in [0.15, 0.2) is 0 Å². The lowest BCUT2D eigenvalue weighted by Crippen LogP contribution is -2.45. The molecule has 1 heterocycles.